The summed E-state index contributed by atoms with van der Waals surface area (Å²) in [4.78, 5) is 12.8. The zero-order valence-corrected chi connectivity index (χ0v) is 19.9. The van der Waals surface area contributed by atoms with Crippen LogP contribution in [-0.4, -0.2) is 30.9 Å². The third kappa shape index (κ3) is 6.50. The molecule has 0 bridgehead atoms. The van der Waals surface area contributed by atoms with E-state index in [1.54, 1.807) is 30.3 Å². The van der Waals surface area contributed by atoms with E-state index >= 15 is 0 Å². The van der Waals surface area contributed by atoms with Crippen molar-refractivity contribution in [2.75, 3.05) is 6.54 Å². The fourth-order valence-electron chi connectivity index (χ4n) is 4.02. The van der Waals surface area contributed by atoms with E-state index < -0.39 is 15.9 Å². The van der Waals surface area contributed by atoms with Gasteiger partial charge >= 0.3 is 0 Å². The van der Waals surface area contributed by atoms with Crippen LogP contribution in [-0.2, 0) is 21.4 Å². The Hall–Kier alpha value is -2.51. The van der Waals surface area contributed by atoms with Gasteiger partial charge in [-0.2, -0.15) is 9.41 Å². The molecule has 7 heteroatoms. The lowest BCUT2D eigenvalue weighted by atomic mass is 9.72. The Kier molecular flexibility index (Phi) is 7.85. The van der Waals surface area contributed by atoms with Gasteiger partial charge < -0.3 is 0 Å². The Balaban J connectivity index is 1.69. The van der Waals surface area contributed by atoms with Gasteiger partial charge in [0.2, 0.25) is 10.0 Å². The molecule has 172 valence electrons. The van der Waals surface area contributed by atoms with Crippen LogP contribution >= 0.6 is 0 Å². The van der Waals surface area contributed by atoms with Crippen LogP contribution in [0.15, 0.2) is 70.7 Å². The molecule has 0 radical (unpaired) electrons. The first kappa shape index (κ1) is 24.1. The normalized spacial score (nSPS) is 17.2. The first-order valence-corrected chi connectivity index (χ1v) is 12.5. The van der Waals surface area contributed by atoms with Gasteiger partial charge in [0.05, 0.1) is 11.4 Å². The summed E-state index contributed by atoms with van der Waals surface area (Å²) in [5.41, 5.74) is 4.65. The molecule has 1 amide bonds. The zero-order chi connectivity index (χ0) is 23.2. The number of sulfonamides is 1. The smallest absolute Gasteiger partial charge is 0.255 e. The molecule has 0 aromatic heterocycles. The molecule has 3 rings (SSSR count). The van der Waals surface area contributed by atoms with E-state index in [-0.39, 0.29) is 23.4 Å². The second kappa shape index (κ2) is 10.4. The summed E-state index contributed by atoms with van der Waals surface area (Å²) in [7, 11) is -3.84. The van der Waals surface area contributed by atoms with Crippen molar-refractivity contribution in [1.29, 1.82) is 0 Å². The van der Waals surface area contributed by atoms with Crippen molar-refractivity contribution in [2.45, 2.75) is 57.9 Å². The van der Waals surface area contributed by atoms with Crippen LogP contribution in [0.25, 0.3) is 0 Å². The summed E-state index contributed by atoms with van der Waals surface area (Å²) in [6.07, 6.45) is 3.83. The highest BCUT2D eigenvalue weighted by Crippen LogP contribution is 2.36. The molecular weight excluding hydrogens is 422 g/mol. The SMILES string of the molecule is CC(C)(C)C1CCC(=NNC(=O)CN(Cc2ccccc2)S(=O)(=O)c2ccccc2)CC1. The second-order valence-electron chi connectivity index (χ2n) is 9.43. The lowest BCUT2D eigenvalue weighted by Gasteiger charge is -2.34. The predicted octanol–water partition coefficient (Wildman–Crippen LogP) is 4.59. The van der Waals surface area contributed by atoms with Crippen molar-refractivity contribution in [3.8, 4) is 0 Å². The molecule has 0 saturated heterocycles. The highest BCUT2D eigenvalue weighted by molar-refractivity contribution is 7.89. The molecule has 1 aliphatic rings. The van der Waals surface area contributed by atoms with E-state index in [0.717, 1.165) is 37.0 Å². The molecule has 32 heavy (non-hydrogen) atoms. The van der Waals surface area contributed by atoms with Crippen molar-refractivity contribution >= 4 is 21.6 Å². The summed E-state index contributed by atoms with van der Waals surface area (Å²) in [6.45, 7) is 6.59. The molecule has 1 fully saturated rings. The Morgan fingerprint density at radius 3 is 2.12 bits per heavy atom. The highest BCUT2D eigenvalue weighted by Gasteiger charge is 2.29. The number of hydrogen-bond acceptors (Lipinski definition) is 4. The maximum atomic E-state index is 13.2. The Morgan fingerprint density at radius 2 is 1.56 bits per heavy atom. The van der Waals surface area contributed by atoms with E-state index in [1.165, 1.54) is 4.31 Å². The Labute approximate surface area is 191 Å². The fraction of sp³-hybridized carbons (Fsp3) is 0.440. The van der Waals surface area contributed by atoms with E-state index in [9.17, 15) is 13.2 Å². The Morgan fingerprint density at radius 1 is 1.00 bits per heavy atom. The average Bonchev–Trinajstić information content (AvgIpc) is 2.78. The summed E-state index contributed by atoms with van der Waals surface area (Å²) >= 11 is 0. The van der Waals surface area contributed by atoms with E-state index in [4.69, 9.17) is 0 Å². The molecular formula is C25H33N3O3S. The summed E-state index contributed by atoms with van der Waals surface area (Å²) < 4.78 is 27.6. The van der Waals surface area contributed by atoms with Crippen LogP contribution in [0.5, 0.6) is 0 Å². The number of nitrogens with one attached hydrogen (secondary N) is 1. The van der Waals surface area contributed by atoms with Gasteiger partial charge in [-0.05, 0) is 54.7 Å². The zero-order valence-electron chi connectivity index (χ0n) is 19.1. The van der Waals surface area contributed by atoms with E-state index in [0.29, 0.717) is 5.92 Å². The molecule has 1 saturated carbocycles. The Bertz CT molecular complexity index is 1020. The lowest BCUT2D eigenvalue weighted by Crippen LogP contribution is -2.39. The first-order valence-electron chi connectivity index (χ1n) is 11.1. The van der Waals surface area contributed by atoms with Gasteiger partial charge in [-0.25, -0.2) is 13.8 Å². The van der Waals surface area contributed by atoms with Crippen LogP contribution in [0.3, 0.4) is 0 Å². The molecule has 2 aromatic carbocycles. The van der Waals surface area contributed by atoms with Crippen molar-refractivity contribution in [2.24, 2.45) is 16.4 Å². The minimum Gasteiger partial charge on any atom is -0.272 e. The van der Waals surface area contributed by atoms with Gasteiger partial charge in [-0.15, -0.1) is 0 Å². The maximum Gasteiger partial charge on any atom is 0.255 e. The molecule has 1 N–H and O–H groups in total. The fourth-order valence-corrected chi connectivity index (χ4v) is 5.43. The highest BCUT2D eigenvalue weighted by atomic mass is 32.2. The van der Waals surface area contributed by atoms with Gasteiger partial charge in [-0.3, -0.25) is 4.79 Å². The number of amides is 1. The quantitative estimate of drug-likeness (QED) is 0.621. The van der Waals surface area contributed by atoms with Crippen LogP contribution in [0.4, 0.5) is 0 Å². The van der Waals surface area contributed by atoms with Gasteiger partial charge in [-0.1, -0.05) is 69.3 Å². The van der Waals surface area contributed by atoms with Crippen molar-refractivity contribution < 1.29 is 13.2 Å². The minimum absolute atomic E-state index is 0.106. The molecule has 0 spiro atoms. The lowest BCUT2D eigenvalue weighted by molar-refractivity contribution is -0.121. The minimum atomic E-state index is -3.84. The number of benzene rings is 2. The molecule has 0 aliphatic heterocycles. The molecule has 0 atom stereocenters. The second-order valence-corrected chi connectivity index (χ2v) is 11.4. The van der Waals surface area contributed by atoms with Gasteiger partial charge in [0.1, 0.15) is 0 Å². The van der Waals surface area contributed by atoms with Gasteiger partial charge in [0, 0.05) is 12.3 Å². The van der Waals surface area contributed by atoms with E-state index in [1.807, 2.05) is 30.3 Å². The molecule has 0 unspecified atom stereocenters. The van der Waals surface area contributed by atoms with Gasteiger partial charge in [0.15, 0.2) is 0 Å². The number of carbonyl (C=O) groups excluding carboxylic acids is 1. The van der Waals surface area contributed by atoms with Crippen molar-refractivity contribution in [3.05, 3.63) is 66.2 Å². The van der Waals surface area contributed by atoms with Crippen molar-refractivity contribution in [1.82, 2.24) is 9.73 Å². The van der Waals surface area contributed by atoms with Crippen LogP contribution < -0.4 is 5.43 Å². The predicted molar refractivity (Wildman–Crippen MR) is 127 cm³/mol. The van der Waals surface area contributed by atoms with Crippen LogP contribution in [0, 0.1) is 11.3 Å². The van der Waals surface area contributed by atoms with Crippen LogP contribution in [0.1, 0.15) is 52.0 Å². The van der Waals surface area contributed by atoms with E-state index in [2.05, 4.69) is 31.3 Å². The topological polar surface area (TPSA) is 78.8 Å². The number of carbonyl (C=O) groups is 1. The molecule has 0 heterocycles. The number of rotatable bonds is 7. The molecule has 6 nitrogen and oxygen atoms in total. The summed E-state index contributed by atoms with van der Waals surface area (Å²) in [5, 5.41) is 4.31. The van der Waals surface area contributed by atoms with Crippen LogP contribution in [0.2, 0.25) is 0 Å². The largest absolute Gasteiger partial charge is 0.272 e. The molecule has 1 aliphatic carbocycles. The standard InChI is InChI=1S/C25H33N3O3S/c1-25(2,3)21-14-16-22(17-15-21)26-27-24(29)19-28(18-20-10-6-4-7-11-20)32(30,31)23-12-8-5-9-13-23/h4-13,21H,14-19H2,1-3H3,(H,27,29). The monoisotopic (exact) mass is 455 g/mol. The van der Waals surface area contributed by atoms with Crippen molar-refractivity contribution in [3.63, 3.8) is 0 Å². The summed E-state index contributed by atoms with van der Waals surface area (Å²) in [6, 6.07) is 17.5. The number of hydrazone groups is 1. The first-order chi connectivity index (χ1) is 15.2. The maximum absolute atomic E-state index is 13.2. The number of nitrogens with zero attached hydrogens (tertiary/aromatic N) is 2. The third-order valence-corrected chi connectivity index (χ3v) is 7.83. The summed E-state index contributed by atoms with van der Waals surface area (Å²) in [5.74, 6) is 0.209. The van der Waals surface area contributed by atoms with Gasteiger partial charge in [0.25, 0.3) is 5.91 Å². The average molecular weight is 456 g/mol. The number of hydrogen-bond donors (Lipinski definition) is 1. The third-order valence-electron chi connectivity index (χ3n) is 6.03. The molecule has 2 aromatic rings.